The van der Waals surface area contributed by atoms with Crippen molar-refractivity contribution in [2.45, 2.75) is 39.2 Å². The van der Waals surface area contributed by atoms with Crippen molar-refractivity contribution in [3.05, 3.63) is 229 Å². The number of hydrogen-bond acceptors (Lipinski definition) is 22. The Hall–Kier alpha value is -8.19. The third-order valence-electron chi connectivity index (χ3n) is 17.1. The first kappa shape index (κ1) is 80.4. The Kier molecular flexibility index (Phi) is 33.0. The van der Waals surface area contributed by atoms with Crippen molar-refractivity contribution in [1.29, 1.82) is 0 Å². The van der Waals surface area contributed by atoms with Gasteiger partial charge in [0.15, 0.2) is 0 Å². The fourth-order valence-corrected chi connectivity index (χ4v) is 16.1. The number of piperazine rings is 3. The van der Waals surface area contributed by atoms with Gasteiger partial charge in [-0.05, 0) is 78.9 Å². The van der Waals surface area contributed by atoms with Gasteiger partial charge in [0.25, 0.3) is 5.91 Å². The van der Waals surface area contributed by atoms with E-state index in [1.54, 1.807) is 47.0 Å². The fourth-order valence-electron chi connectivity index (χ4n) is 11.7. The molecule has 8 aromatic rings. The number of carboxylic acids is 2. The summed E-state index contributed by atoms with van der Waals surface area (Å²) in [7, 11) is 0. The van der Waals surface area contributed by atoms with Crippen molar-refractivity contribution >= 4 is 116 Å². The average Bonchev–Trinajstić information content (AvgIpc) is 1.65. The number of halogens is 1. The van der Waals surface area contributed by atoms with Gasteiger partial charge in [-0.1, -0.05) is 174 Å². The predicted molar refractivity (Wildman–Crippen MR) is 424 cm³/mol. The number of carboxylic acid groups (broad SMARTS) is 2. The molecule has 7 N–H and O–H groups in total. The summed E-state index contributed by atoms with van der Waals surface area (Å²) in [4.78, 5) is 67.0. The van der Waals surface area contributed by atoms with E-state index in [1.807, 2.05) is 84.9 Å². The maximum atomic E-state index is 11.9. The third kappa shape index (κ3) is 24.7. The molecule has 26 heteroatoms. The van der Waals surface area contributed by atoms with E-state index >= 15 is 0 Å². The summed E-state index contributed by atoms with van der Waals surface area (Å²) in [5, 5.41) is 48.4. The number of nitrogens with one attached hydrogen (secondary N) is 2. The molecule has 106 heavy (non-hydrogen) atoms. The number of benzene rings is 8. The fraction of sp³-hybridized carbons (Fsp3) is 0.300. The number of aliphatic hydroxyl groups excluding tert-OH is 3. The quantitative estimate of drug-likeness (QED) is 0.0330. The van der Waals surface area contributed by atoms with E-state index in [2.05, 4.69) is 149 Å². The number of anilines is 1. The second kappa shape index (κ2) is 43.6. The second-order valence-corrected chi connectivity index (χ2v) is 29.0. The molecule has 3 saturated heterocycles. The lowest BCUT2D eigenvalue weighted by Crippen LogP contribution is -2.49. The largest absolute Gasteiger partial charge is 0.478 e. The highest BCUT2D eigenvalue weighted by Crippen LogP contribution is 2.44. The molecule has 7 heterocycles. The highest BCUT2D eigenvalue weighted by Gasteiger charge is 2.28. The van der Waals surface area contributed by atoms with Crippen LogP contribution >= 0.6 is 58.6 Å². The van der Waals surface area contributed by atoms with Crippen LogP contribution in [0.3, 0.4) is 0 Å². The summed E-state index contributed by atoms with van der Waals surface area (Å²) in [5.74, 6) is -0.383. The number of nitrogens with zero attached hydrogens (tertiary/aromatic N) is 8. The molecule has 0 aromatic heterocycles. The molecular weight excluding hydrogens is 1440 g/mol. The number of aliphatic carboxylic acids is 2. The molecule has 0 spiro atoms. The van der Waals surface area contributed by atoms with Crippen molar-refractivity contribution < 1.29 is 54.1 Å². The first-order chi connectivity index (χ1) is 51.9. The van der Waals surface area contributed by atoms with Crippen LogP contribution in [0, 0.1) is 0 Å². The molecule has 8 aromatic carbocycles. The molecule has 0 saturated carbocycles. The summed E-state index contributed by atoms with van der Waals surface area (Å²) in [6.07, 6.45) is 1.12. The Morgan fingerprint density at radius 3 is 1.13 bits per heavy atom. The van der Waals surface area contributed by atoms with Crippen molar-refractivity contribution in [2.24, 2.45) is 15.0 Å². The smallest absolute Gasteiger partial charge is 0.328 e. The van der Waals surface area contributed by atoms with Crippen LogP contribution < -0.4 is 10.6 Å². The predicted octanol–water partition coefficient (Wildman–Crippen LogP) is 12.2. The van der Waals surface area contributed by atoms with E-state index in [9.17, 15) is 14.4 Å². The van der Waals surface area contributed by atoms with Gasteiger partial charge in [0.05, 0.1) is 87.8 Å². The summed E-state index contributed by atoms with van der Waals surface area (Å²) in [6.45, 7) is 18.7. The standard InChI is InChI=1S/2C21H25N3O2S.C13H8ClNS.C13H9NOS.C8H18N2O2.C4H4O4/c2*25-14-16-26-15-13-23-9-11-24(12-10-23)21-17-5-1-3-7-19(17)27-20-8-4-2-6-18(20)22-21;14-13-9-5-1-3-7-11(9)16-12-8-4-2-6-10(12)15-13;15-13-9-5-1-3-7-11(9)16-12-8-4-2-6-10(12)14-13;11-6-8-12-7-5-10-3-1-9-2-4-10;5-3(6)1-2-4(7)8/h2*1-8,25H,9-16H2;1-8H;1-8H,(H,14,15);9,11H,1-8H2;1-2H,(H,5,6)(H,7,8)/b;;;;;2-1+. The van der Waals surface area contributed by atoms with Gasteiger partial charge in [0, 0.05) is 166 Å². The SMILES string of the molecule is ClC1=Nc2ccccc2Sc2ccccc21.O=C(O)/C=C/C(=O)O.O=C1Nc2ccccc2Sc2ccccc21.OCCOCCN1CCN(C2=Nc3ccccc3Sc3ccccc32)CC1.OCCOCCN1CCN(C2=Nc3ccccc3Sc3ccccc32)CC1.OCCOCCN1CCNCC1. The molecule has 0 atom stereocenters. The van der Waals surface area contributed by atoms with Crippen LogP contribution in [-0.4, -0.2) is 242 Å². The minimum atomic E-state index is -1.26. The van der Waals surface area contributed by atoms with Gasteiger partial charge in [-0.3, -0.25) is 19.5 Å². The Morgan fingerprint density at radius 1 is 0.396 bits per heavy atom. The monoisotopic (exact) mass is 1530 g/mol. The van der Waals surface area contributed by atoms with Crippen LogP contribution in [0.25, 0.3) is 0 Å². The minimum Gasteiger partial charge on any atom is -0.478 e. The lowest BCUT2D eigenvalue weighted by Gasteiger charge is -2.36. The van der Waals surface area contributed by atoms with Gasteiger partial charge in [0.2, 0.25) is 0 Å². The maximum absolute atomic E-state index is 11.9. The summed E-state index contributed by atoms with van der Waals surface area (Å²) >= 11 is 13.1. The maximum Gasteiger partial charge on any atom is 0.328 e. The van der Waals surface area contributed by atoms with Gasteiger partial charge >= 0.3 is 11.9 Å². The van der Waals surface area contributed by atoms with Crippen LogP contribution in [0.2, 0.25) is 0 Å². The third-order valence-corrected chi connectivity index (χ3v) is 21.9. The number of rotatable bonds is 17. The number of fused-ring (bicyclic) bond motifs is 8. The van der Waals surface area contributed by atoms with E-state index in [0.717, 1.165) is 170 Å². The van der Waals surface area contributed by atoms with Gasteiger partial charge in [-0.25, -0.2) is 24.6 Å². The van der Waals surface area contributed by atoms with E-state index in [0.29, 0.717) is 50.4 Å². The molecule has 0 aliphatic carbocycles. The molecular formula is C80H89ClN10O11S4. The van der Waals surface area contributed by atoms with Crippen molar-refractivity contribution in [3.63, 3.8) is 0 Å². The Labute approximate surface area is 641 Å². The number of aliphatic imine (C=N–C) groups is 3. The van der Waals surface area contributed by atoms with Crippen LogP contribution in [0.15, 0.2) is 260 Å². The van der Waals surface area contributed by atoms with E-state index < -0.39 is 11.9 Å². The van der Waals surface area contributed by atoms with E-state index in [4.69, 9.17) is 61.3 Å². The van der Waals surface area contributed by atoms with Crippen LogP contribution in [-0.2, 0) is 23.8 Å². The zero-order valence-electron chi connectivity index (χ0n) is 58.9. The molecule has 15 rings (SSSR count). The Balaban J connectivity index is 0.000000142. The van der Waals surface area contributed by atoms with Crippen LogP contribution in [0.1, 0.15) is 27.0 Å². The molecule has 7 aliphatic heterocycles. The number of carbonyl (C=O) groups excluding carboxylic acids is 1. The number of ether oxygens (including phenoxy) is 3. The Morgan fingerprint density at radius 2 is 0.717 bits per heavy atom. The van der Waals surface area contributed by atoms with E-state index in [1.165, 1.54) is 30.7 Å². The number of carbonyl (C=O) groups is 3. The van der Waals surface area contributed by atoms with Gasteiger partial charge in [-0.2, -0.15) is 0 Å². The summed E-state index contributed by atoms with van der Waals surface area (Å²) in [6, 6.07) is 65.5. The lowest BCUT2D eigenvalue weighted by molar-refractivity contribution is -0.134. The summed E-state index contributed by atoms with van der Waals surface area (Å²) in [5.41, 5.74) is 8.11. The van der Waals surface area contributed by atoms with Crippen molar-refractivity contribution in [3.8, 4) is 0 Å². The van der Waals surface area contributed by atoms with Gasteiger partial charge < -0.3 is 60.2 Å². The molecule has 7 aliphatic rings. The van der Waals surface area contributed by atoms with E-state index in [-0.39, 0.29) is 25.7 Å². The number of amidine groups is 2. The molecule has 0 radical (unpaired) electrons. The highest BCUT2D eigenvalue weighted by molar-refractivity contribution is 8.00. The molecule has 1 amide bonds. The number of amides is 1. The molecule has 3 fully saturated rings. The summed E-state index contributed by atoms with van der Waals surface area (Å²) < 4.78 is 16.0. The highest BCUT2D eigenvalue weighted by atomic mass is 35.5. The molecule has 21 nitrogen and oxygen atoms in total. The minimum absolute atomic E-state index is 0.0342. The Bertz CT molecular complexity index is 4130. The molecule has 0 unspecified atom stereocenters. The average molecular weight is 1530 g/mol. The first-order valence-electron chi connectivity index (χ1n) is 35.2. The molecule has 0 bridgehead atoms. The zero-order chi connectivity index (χ0) is 74.1. The van der Waals surface area contributed by atoms with Crippen LogP contribution in [0.4, 0.5) is 22.7 Å². The van der Waals surface area contributed by atoms with Crippen molar-refractivity contribution in [2.75, 3.05) is 163 Å². The lowest BCUT2D eigenvalue weighted by atomic mass is 10.1. The topological polar surface area (TPSA) is 257 Å². The second-order valence-electron chi connectivity index (χ2n) is 24.3. The first-order valence-corrected chi connectivity index (χ1v) is 38.8. The number of aliphatic hydroxyl groups is 3. The van der Waals surface area contributed by atoms with Gasteiger partial charge in [0.1, 0.15) is 16.8 Å². The zero-order valence-corrected chi connectivity index (χ0v) is 62.9. The van der Waals surface area contributed by atoms with Crippen LogP contribution in [0.5, 0.6) is 0 Å². The number of hydrogen-bond donors (Lipinski definition) is 7. The normalized spacial score (nSPS) is 15.7. The van der Waals surface area contributed by atoms with Crippen molar-refractivity contribution in [1.82, 2.24) is 29.8 Å². The van der Waals surface area contributed by atoms with Gasteiger partial charge in [-0.15, -0.1) is 0 Å². The number of para-hydroxylation sites is 4. The molecule has 556 valence electrons.